The lowest BCUT2D eigenvalue weighted by atomic mass is 10.2. The second kappa shape index (κ2) is 3.97. The highest BCUT2D eigenvalue weighted by Crippen LogP contribution is 2.35. The second-order valence-electron chi connectivity index (χ2n) is 2.20. The van der Waals surface area contributed by atoms with Gasteiger partial charge in [0.25, 0.3) is 6.43 Å². The SMILES string of the molecule is CC(F)C(F)(F)C(F)=C(F)C(F)F. The molecule has 0 aliphatic heterocycles. The van der Waals surface area contributed by atoms with Crippen molar-refractivity contribution in [2.75, 3.05) is 0 Å². The van der Waals surface area contributed by atoms with Crippen molar-refractivity contribution in [3.8, 4) is 0 Å². The van der Waals surface area contributed by atoms with Crippen molar-refractivity contribution in [2.45, 2.75) is 25.4 Å². The molecule has 0 N–H and O–H groups in total. The van der Waals surface area contributed by atoms with Crippen LogP contribution in [0, 0.1) is 0 Å². The normalized spacial score (nSPS) is 17.3. The molecule has 7 heteroatoms. The molecule has 0 aliphatic carbocycles. The van der Waals surface area contributed by atoms with Gasteiger partial charge in [0.15, 0.2) is 6.17 Å². The molecule has 0 fully saturated rings. The molecule has 13 heavy (non-hydrogen) atoms. The maximum atomic E-state index is 12.2. The lowest BCUT2D eigenvalue weighted by molar-refractivity contribution is -0.0532. The summed E-state index contributed by atoms with van der Waals surface area (Å²) < 4.78 is 82.9. The van der Waals surface area contributed by atoms with Crippen LogP contribution in [0.2, 0.25) is 0 Å². The fraction of sp³-hybridized carbons (Fsp3) is 0.667. The number of allylic oxidation sites excluding steroid dienone is 2. The third-order valence-corrected chi connectivity index (χ3v) is 1.19. The lowest BCUT2D eigenvalue weighted by Gasteiger charge is -2.15. The Morgan fingerprint density at radius 3 is 1.69 bits per heavy atom. The summed E-state index contributed by atoms with van der Waals surface area (Å²) in [6.45, 7) is 0.234. The molecule has 0 amide bonds. The van der Waals surface area contributed by atoms with Gasteiger partial charge in [0.2, 0.25) is 11.7 Å². The number of rotatable bonds is 3. The van der Waals surface area contributed by atoms with Gasteiger partial charge in [-0.25, -0.2) is 22.0 Å². The van der Waals surface area contributed by atoms with Crippen molar-refractivity contribution in [3.05, 3.63) is 11.7 Å². The molecule has 78 valence electrons. The molecule has 0 saturated carbocycles. The van der Waals surface area contributed by atoms with Gasteiger partial charge in [-0.2, -0.15) is 8.78 Å². The molecule has 0 bridgehead atoms. The van der Waals surface area contributed by atoms with Crippen LogP contribution in [0.5, 0.6) is 0 Å². The zero-order valence-electron chi connectivity index (χ0n) is 6.30. The van der Waals surface area contributed by atoms with Gasteiger partial charge < -0.3 is 0 Å². The molecule has 0 aromatic heterocycles. The monoisotopic (exact) mass is 210 g/mol. The van der Waals surface area contributed by atoms with E-state index in [0.717, 1.165) is 0 Å². The van der Waals surface area contributed by atoms with Crippen LogP contribution in [-0.4, -0.2) is 18.5 Å². The Balaban J connectivity index is 4.96. The molecule has 0 aromatic carbocycles. The van der Waals surface area contributed by atoms with Crippen LogP contribution in [0.4, 0.5) is 30.7 Å². The predicted octanol–water partition coefficient (Wildman–Crippen LogP) is 3.40. The largest absolute Gasteiger partial charge is 0.331 e. The molecule has 1 atom stereocenters. The van der Waals surface area contributed by atoms with Crippen LogP contribution in [0.15, 0.2) is 11.7 Å². The summed E-state index contributed by atoms with van der Waals surface area (Å²) >= 11 is 0. The van der Waals surface area contributed by atoms with Gasteiger partial charge in [-0.1, -0.05) is 0 Å². The Hall–Kier alpha value is -0.750. The molecular weight excluding hydrogens is 205 g/mol. The average Bonchev–Trinajstić information content (AvgIpc) is 2.01. The summed E-state index contributed by atoms with van der Waals surface area (Å²) in [6, 6.07) is 0. The molecule has 1 unspecified atom stereocenters. The van der Waals surface area contributed by atoms with E-state index >= 15 is 0 Å². The van der Waals surface area contributed by atoms with Crippen LogP contribution in [0.3, 0.4) is 0 Å². The van der Waals surface area contributed by atoms with Crippen molar-refractivity contribution in [3.63, 3.8) is 0 Å². The van der Waals surface area contributed by atoms with Gasteiger partial charge in [0, 0.05) is 0 Å². The van der Waals surface area contributed by atoms with Gasteiger partial charge in [-0.15, -0.1) is 0 Å². The zero-order valence-corrected chi connectivity index (χ0v) is 6.30. The third-order valence-electron chi connectivity index (χ3n) is 1.19. The van der Waals surface area contributed by atoms with E-state index in [0.29, 0.717) is 0 Å². The molecular formula is C6H5F7. The van der Waals surface area contributed by atoms with Crippen molar-refractivity contribution < 1.29 is 30.7 Å². The molecule has 0 spiro atoms. The van der Waals surface area contributed by atoms with Gasteiger partial charge >= 0.3 is 5.92 Å². The van der Waals surface area contributed by atoms with Crippen LogP contribution in [0.25, 0.3) is 0 Å². The highest BCUT2D eigenvalue weighted by atomic mass is 19.3. The minimum Gasteiger partial charge on any atom is -0.241 e. The van der Waals surface area contributed by atoms with Crippen LogP contribution in [0.1, 0.15) is 6.92 Å². The summed E-state index contributed by atoms with van der Waals surface area (Å²) in [5.41, 5.74) is 0. The Morgan fingerprint density at radius 1 is 1.08 bits per heavy atom. The first-order valence-electron chi connectivity index (χ1n) is 3.07. The molecule has 0 saturated heterocycles. The van der Waals surface area contributed by atoms with Crippen LogP contribution < -0.4 is 0 Å². The Bertz CT molecular complexity index is 205. The number of alkyl halides is 5. The predicted molar refractivity (Wildman–Crippen MR) is 30.8 cm³/mol. The molecule has 0 heterocycles. The summed E-state index contributed by atoms with van der Waals surface area (Å²) in [5.74, 6) is -10.8. The summed E-state index contributed by atoms with van der Waals surface area (Å²) in [5, 5.41) is 0. The fourth-order valence-electron chi connectivity index (χ4n) is 0.430. The quantitative estimate of drug-likeness (QED) is 0.626. The second-order valence-corrected chi connectivity index (χ2v) is 2.20. The number of halogens is 7. The first-order valence-corrected chi connectivity index (χ1v) is 3.07. The summed E-state index contributed by atoms with van der Waals surface area (Å²) in [7, 11) is 0. The number of hydrogen-bond acceptors (Lipinski definition) is 0. The zero-order chi connectivity index (χ0) is 10.8. The standard InChI is InChI=1S/C6H5F7/c1-2(7)6(12,13)4(9)3(8)5(10)11/h2,5H,1H3. The fourth-order valence-corrected chi connectivity index (χ4v) is 0.430. The van der Waals surface area contributed by atoms with Gasteiger partial charge in [-0.3, -0.25) is 0 Å². The summed E-state index contributed by atoms with van der Waals surface area (Å²) in [6.07, 6.45) is -7.08. The number of hydrogen-bond donors (Lipinski definition) is 0. The van der Waals surface area contributed by atoms with E-state index in [-0.39, 0.29) is 6.92 Å². The van der Waals surface area contributed by atoms with Crippen molar-refractivity contribution in [1.29, 1.82) is 0 Å². The van der Waals surface area contributed by atoms with E-state index in [9.17, 15) is 30.7 Å². The molecule has 0 aromatic rings. The maximum absolute atomic E-state index is 12.2. The highest BCUT2D eigenvalue weighted by molar-refractivity contribution is 5.13. The summed E-state index contributed by atoms with van der Waals surface area (Å²) in [4.78, 5) is 0. The smallest absolute Gasteiger partial charge is 0.241 e. The van der Waals surface area contributed by atoms with Crippen LogP contribution in [-0.2, 0) is 0 Å². The van der Waals surface area contributed by atoms with E-state index in [1.54, 1.807) is 0 Å². The first-order chi connectivity index (χ1) is 5.71. The molecule has 0 radical (unpaired) electrons. The highest BCUT2D eigenvalue weighted by Gasteiger charge is 2.46. The van der Waals surface area contributed by atoms with E-state index in [1.165, 1.54) is 0 Å². The Kier molecular flexibility index (Phi) is 3.74. The third kappa shape index (κ3) is 2.60. The molecule has 0 nitrogen and oxygen atoms in total. The van der Waals surface area contributed by atoms with Gasteiger partial charge in [-0.05, 0) is 6.92 Å². The van der Waals surface area contributed by atoms with Crippen LogP contribution >= 0.6 is 0 Å². The lowest BCUT2D eigenvalue weighted by Crippen LogP contribution is -2.29. The van der Waals surface area contributed by atoms with Gasteiger partial charge in [0.05, 0.1) is 0 Å². The maximum Gasteiger partial charge on any atom is 0.331 e. The van der Waals surface area contributed by atoms with Gasteiger partial charge in [0.1, 0.15) is 0 Å². The molecule has 0 aliphatic rings. The van der Waals surface area contributed by atoms with Crippen molar-refractivity contribution in [1.82, 2.24) is 0 Å². The minimum atomic E-state index is -4.85. The van der Waals surface area contributed by atoms with Crippen molar-refractivity contribution in [2.24, 2.45) is 0 Å². The Morgan fingerprint density at radius 2 is 1.46 bits per heavy atom. The first kappa shape index (κ1) is 12.2. The average molecular weight is 210 g/mol. The van der Waals surface area contributed by atoms with E-state index in [2.05, 4.69) is 0 Å². The Labute approximate surface area is 69.0 Å². The van der Waals surface area contributed by atoms with E-state index in [4.69, 9.17) is 0 Å². The minimum absolute atomic E-state index is 0.234. The molecule has 0 rings (SSSR count). The van der Waals surface area contributed by atoms with E-state index < -0.39 is 30.2 Å². The topological polar surface area (TPSA) is 0 Å². The van der Waals surface area contributed by atoms with E-state index in [1.807, 2.05) is 0 Å². The van der Waals surface area contributed by atoms with Crippen molar-refractivity contribution >= 4 is 0 Å².